The van der Waals surface area contributed by atoms with Crippen LogP contribution < -0.4 is 0 Å². The Bertz CT molecular complexity index is 710. The number of benzene rings is 1. The third-order valence-electron chi connectivity index (χ3n) is 8.69. The van der Waals surface area contributed by atoms with Crippen LogP contribution in [0.25, 0.3) is 0 Å². The van der Waals surface area contributed by atoms with Crippen molar-refractivity contribution in [2.45, 2.75) is 104 Å². The van der Waals surface area contributed by atoms with Crippen molar-refractivity contribution < 1.29 is 15.3 Å². The van der Waals surface area contributed by atoms with Gasteiger partial charge in [-0.15, -0.1) is 0 Å². The van der Waals surface area contributed by atoms with Crippen molar-refractivity contribution in [2.75, 3.05) is 0 Å². The summed E-state index contributed by atoms with van der Waals surface area (Å²) in [5.74, 6) is 2.08. The van der Waals surface area contributed by atoms with Gasteiger partial charge in [0.15, 0.2) is 0 Å². The molecule has 1 aromatic rings. The van der Waals surface area contributed by atoms with E-state index in [0.717, 1.165) is 51.4 Å². The summed E-state index contributed by atoms with van der Waals surface area (Å²) in [6, 6.07) is 5.60. The van der Waals surface area contributed by atoms with E-state index in [9.17, 15) is 15.3 Å². The van der Waals surface area contributed by atoms with Crippen molar-refractivity contribution in [1.29, 1.82) is 0 Å². The third kappa shape index (κ3) is 4.88. The summed E-state index contributed by atoms with van der Waals surface area (Å²) in [7, 11) is 0. The highest BCUT2D eigenvalue weighted by atomic mass is 16.3. The van der Waals surface area contributed by atoms with Gasteiger partial charge in [0.05, 0.1) is 11.7 Å². The number of phenols is 1. The van der Waals surface area contributed by atoms with Crippen LogP contribution in [0.1, 0.15) is 90.2 Å². The fourth-order valence-electron chi connectivity index (χ4n) is 6.97. The molecule has 30 heavy (non-hydrogen) atoms. The molecule has 2 aliphatic rings. The molecular weight excluding hydrogens is 372 g/mol. The van der Waals surface area contributed by atoms with Crippen LogP contribution >= 0.6 is 0 Å². The highest BCUT2D eigenvalue weighted by Gasteiger charge is 2.57. The lowest BCUT2D eigenvalue weighted by Gasteiger charge is -2.50. The third-order valence-corrected chi connectivity index (χ3v) is 8.69. The van der Waals surface area contributed by atoms with Crippen LogP contribution in [-0.2, 0) is 6.42 Å². The Morgan fingerprint density at radius 1 is 1.20 bits per heavy atom. The second-order valence-electron chi connectivity index (χ2n) is 11.3. The van der Waals surface area contributed by atoms with Crippen LogP contribution in [0.5, 0.6) is 5.75 Å². The van der Waals surface area contributed by atoms with E-state index in [0.29, 0.717) is 23.5 Å². The Hall–Kier alpha value is -1.06. The van der Waals surface area contributed by atoms with Gasteiger partial charge in [-0.05, 0) is 111 Å². The maximum atomic E-state index is 11.5. The van der Waals surface area contributed by atoms with Crippen molar-refractivity contribution in [1.82, 2.24) is 0 Å². The normalized spacial score (nSPS) is 33.5. The molecule has 3 rings (SSSR count). The highest BCUT2D eigenvalue weighted by molar-refractivity contribution is 5.34. The minimum absolute atomic E-state index is 0.110. The average molecular weight is 417 g/mol. The molecule has 0 heterocycles. The molecule has 0 spiro atoms. The first-order valence-electron chi connectivity index (χ1n) is 12.2. The molecule has 3 N–H and O–H groups in total. The predicted molar refractivity (Wildman–Crippen MR) is 124 cm³/mol. The van der Waals surface area contributed by atoms with E-state index < -0.39 is 5.60 Å². The topological polar surface area (TPSA) is 60.7 Å². The molecule has 0 radical (unpaired) electrons. The lowest BCUT2D eigenvalue weighted by atomic mass is 9.56. The Morgan fingerprint density at radius 3 is 2.63 bits per heavy atom. The highest BCUT2D eigenvalue weighted by Crippen LogP contribution is 2.61. The smallest absolute Gasteiger partial charge is 0.115 e. The maximum absolute atomic E-state index is 11.5. The Morgan fingerprint density at radius 2 is 1.93 bits per heavy atom. The summed E-state index contributed by atoms with van der Waals surface area (Å²) in [5, 5.41) is 32.2. The first-order valence-corrected chi connectivity index (χ1v) is 12.2. The minimum Gasteiger partial charge on any atom is -0.508 e. The second-order valence-corrected chi connectivity index (χ2v) is 11.3. The van der Waals surface area contributed by atoms with Crippen LogP contribution in [0, 0.1) is 36.0 Å². The van der Waals surface area contributed by atoms with Gasteiger partial charge in [0.1, 0.15) is 5.75 Å². The standard InChI is InChI=1S/C27H44O3/c1-18(2)7-6-15-27(5,30)25-13-12-23-22(24(29)14-16-26(23,25)4)11-9-20-17-21(28)10-8-19(20)3/h8,10,17-18,22-25,28-30H,6-7,9,11-16H2,1-5H3. The van der Waals surface area contributed by atoms with Crippen LogP contribution in [-0.4, -0.2) is 27.0 Å². The van der Waals surface area contributed by atoms with Gasteiger partial charge in [0.2, 0.25) is 0 Å². The number of aliphatic hydroxyl groups excluding tert-OH is 1. The van der Waals surface area contributed by atoms with Crippen molar-refractivity contribution in [2.24, 2.45) is 29.1 Å². The van der Waals surface area contributed by atoms with Gasteiger partial charge in [-0.3, -0.25) is 0 Å². The molecule has 6 unspecified atom stereocenters. The average Bonchev–Trinajstić information content (AvgIpc) is 3.01. The number of phenolic OH excluding ortho intramolecular Hbond substituents is 1. The molecule has 0 bridgehead atoms. The van der Waals surface area contributed by atoms with Crippen LogP contribution in [0.15, 0.2) is 18.2 Å². The van der Waals surface area contributed by atoms with Gasteiger partial charge in [0, 0.05) is 0 Å². The molecule has 2 saturated carbocycles. The number of aliphatic hydroxyl groups is 2. The summed E-state index contributed by atoms with van der Waals surface area (Å²) < 4.78 is 0. The molecular formula is C27H44O3. The van der Waals surface area contributed by atoms with Crippen molar-refractivity contribution in [3.8, 4) is 5.75 Å². The monoisotopic (exact) mass is 416 g/mol. The molecule has 0 aliphatic heterocycles. The first-order chi connectivity index (χ1) is 14.0. The van der Waals surface area contributed by atoms with Crippen molar-refractivity contribution in [3.63, 3.8) is 0 Å². The van der Waals surface area contributed by atoms with Gasteiger partial charge in [-0.25, -0.2) is 0 Å². The number of hydrogen-bond acceptors (Lipinski definition) is 3. The molecule has 2 aliphatic carbocycles. The van der Waals surface area contributed by atoms with Gasteiger partial charge in [-0.2, -0.15) is 0 Å². The second kappa shape index (κ2) is 9.20. The number of hydrogen-bond donors (Lipinski definition) is 3. The van der Waals surface area contributed by atoms with E-state index >= 15 is 0 Å². The van der Waals surface area contributed by atoms with Crippen LogP contribution in [0.3, 0.4) is 0 Å². The molecule has 0 amide bonds. The fourth-order valence-corrected chi connectivity index (χ4v) is 6.97. The fraction of sp³-hybridized carbons (Fsp3) is 0.778. The largest absolute Gasteiger partial charge is 0.508 e. The Kier molecular flexibility index (Phi) is 7.24. The van der Waals surface area contributed by atoms with E-state index in [1.807, 2.05) is 12.1 Å². The Balaban J connectivity index is 1.72. The first kappa shape index (κ1) is 23.6. The SMILES string of the molecule is Cc1ccc(O)cc1CCC1C(O)CCC2(C)C1CCC2C(C)(O)CCCC(C)C. The van der Waals surface area contributed by atoms with Gasteiger partial charge in [-0.1, -0.05) is 39.7 Å². The summed E-state index contributed by atoms with van der Waals surface area (Å²) in [5.41, 5.74) is 1.88. The molecule has 3 heteroatoms. The summed E-state index contributed by atoms with van der Waals surface area (Å²) in [6.45, 7) is 11.1. The minimum atomic E-state index is -0.618. The van der Waals surface area contributed by atoms with E-state index in [-0.39, 0.29) is 17.4 Å². The zero-order valence-corrected chi connectivity index (χ0v) is 19.8. The zero-order chi connectivity index (χ0) is 22.1. The van der Waals surface area contributed by atoms with Gasteiger partial charge in [0.25, 0.3) is 0 Å². The molecule has 0 aromatic heterocycles. The van der Waals surface area contributed by atoms with Crippen LogP contribution in [0.2, 0.25) is 0 Å². The molecule has 2 fully saturated rings. The predicted octanol–water partition coefficient (Wildman–Crippen LogP) is 6.01. The number of aromatic hydroxyl groups is 1. The van der Waals surface area contributed by atoms with Crippen molar-refractivity contribution >= 4 is 0 Å². The van der Waals surface area contributed by atoms with E-state index in [2.05, 4.69) is 34.6 Å². The number of aryl methyl sites for hydroxylation is 2. The number of rotatable bonds is 8. The maximum Gasteiger partial charge on any atom is 0.115 e. The summed E-state index contributed by atoms with van der Waals surface area (Å²) in [6.07, 6.45) is 8.79. The van der Waals surface area contributed by atoms with Crippen molar-refractivity contribution in [3.05, 3.63) is 29.3 Å². The molecule has 6 atom stereocenters. The van der Waals surface area contributed by atoms with Gasteiger partial charge >= 0.3 is 0 Å². The Labute approximate surface area is 183 Å². The van der Waals surface area contributed by atoms with Crippen LogP contribution in [0.4, 0.5) is 0 Å². The lowest BCUT2D eigenvalue weighted by Crippen LogP contribution is -2.49. The summed E-state index contributed by atoms with van der Waals surface area (Å²) >= 11 is 0. The molecule has 1 aromatic carbocycles. The summed E-state index contributed by atoms with van der Waals surface area (Å²) in [4.78, 5) is 0. The van der Waals surface area contributed by atoms with E-state index in [1.165, 1.54) is 17.5 Å². The quantitative estimate of drug-likeness (QED) is 0.486. The van der Waals surface area contributed by atoms with Gasteiger partial charge < -0.3 is 15.3 Å². The molecule has 3 nitrogen and oxygen atoms in total. The molecule has 0 saturated heterocycles. The zero-order valence-electron chi connectivity index (χ0n) is 19.8. The molecule has 170 valence electrons. The van der Waals surface area contributed by atoms with E-state index in [4.69, 9.17) is 0 Å². The number of fused-ring (bicyclic) bond motifs is 1. The lowest BCUT2D eigenvalue weighted by molar-refractivity contribution is -0.104. The van der Waals surface area contributed by atoms with E-state index in [1.54, 1.807) is 6.07 Å².